The molecule has 0 aliphatic rings. The van der Waals surface area contributed by atoms with Gasteiger partial charge in [-0.3, -0.25) is 9.59 Å². The van der Waals surface area contributed by atoms with Crippen LogP contribution in [0.25, 0.3) is 0 Å². The van der Waals surface area contributed by atoms with Crippen molar-refractivity contribution in [1.29, 1.82) is 0 Å². The summed E-state index contributed by atoms with van der Waals surface area (Å²) in [5.74, 6) is -0.435. The van der Waals surface area contributed by atoms with Crippen LogP contribution in [0.3, 0.4) is 0 Å². The van der Waals surface area contributed by atoms with Crippen LogP contribution < -0.4 is 0 Å². The Morgan fingerprint density at radius 1 is 0.348 bits per heavy atom. The number of hydrogen-bond acceptors (Lipinski definition) is 5. The minimum absolute atomic E-state index is 0.0646. The third-order valence-corrected chi connectivity index (χ3v) is 11.9. The third-order valence-electron chi connectivity index (χ3n) is 11.9. The predicted molar refractivity (Wildman–Crippen MR) is 288 cm³/mol. The summed E-state index contributed by atoms with van der Waals surface area (Å²) in [4.78, 5) is 25.5. The molecular weight excluding hydrogens is 813 g/mol. The Morgan fingerprint density at radius 2 is 0.682 bits per heavy atom. The summed E-state index contributed by atoms with van der Waals surface area (Å²) in [5, 5.41) is 0. The van der Waals surface area contributed by atoms with Gasteiger partial charge in [0.15, 0.2) is 6.10 Å². The summed E-state index contributed by atoms with van der Waals surface area (Å²) in [5.41, 5.74) is 0. The van der Waals surface area contributed by atoms with E-state index >= 15 is 0 Å². The van der Waals surface area contributed by atoms with Crippen molar-refractivity contribution in [3.8, 4) is 0 Å². The van der Waals surface area contributed by atoms with Crippen molar-refractivity contribution < 1.29 is 23.8 Å². The highest BCUT2D eigenvalue weighted by atomic mass is 16.6. The van der Waals surface area contributed by atoms with Crippen LogP contribution in [-0.2, 0) is 23.8 Å². The molecule has 0 aliphatic heterocycles. The second-order valence-electron chi connectivity index (χ2n) is 18.4. The van der Waals surface area contributed by atoms with Gasteiger partial charge in [0.2, 0.25) is 0 Å². The van der Waals surface area contributed by atoms with E-state index in [1.165, 1.54) is 128 Å². The predicted octanol–water partition coefficient (Wildman–Crippen LogP) is 19.2. The summed E-state index contributed by atoms with van der Waals surface area (Å²) < 4.78 is 17.4. The number of ether oxygens (including phenoxy) is 3. The van der Waals surface area contributed by atoms with Crippen LogP contribution in [0.1, 0.15) is 265 Å². The first kappa shape index (κ1) is 63.1. The van der Waals surface area contributed by atoms with Crippen LogP contribution in [0.4, 0.5) is 0 Å². The lowest BCUT2D eigenvalue weighted by molar-refractivity contribution is -0.163. The molecule has 5 heteroatoms. The fourth-order valence-corrected chi connectivity index (χ4v) is 7.81. The Kier molecular flexibility index (Phi) is 53.9. The maximum Gasteiger partial charge on any atom is 0.306 e. The fraction of sp³-hybridized carbons (Fsp3) is 0.738. The molecule has 0 saturated carbocycles. The molecule has 0 heterocycles. The second-order valence-corrected chi connectivity index (χ2v) is 18.4. The Morgan fingerprint density at radius 3 is 1.11 bits per heavy atom. The van der Waals surface area contributed by atoms with Crippen molar-refractivity contribution in [2.24, 2.45) is 0 Å². The molecule has 0 saturated heterocycles. The highest BCUT2D eigenvalue weighted by Gasteiger charge is 2.17. The Labute approximate surface area is 409 Å². The molecule has 380 valence electrons. The van der Waals surface area contributed by atoms with E-state index in [2.05, 4.69) is 106 Å². The van der Waals surface area contributed by atoms with Crippen LogP contribution in [0.2, 0.25) is 0 Å². The molecule has 0 bridgehead atoms. The number of rotatable bonds is 51. The molecule has 1 atom stereocenters. The maximum absolute atomic E-state index is 12.8. The van der Waals surface area contributed by atoms with Gasteiger partial charge in [0.05, 0.1) is 6.61 Å². The van der Waals surface area contributed by atoms with Gasteiger partial charge in [-0.05, 0) is 89.9 Å². The van der Waals surface area contributed by atoms with E-state index in [4.69, 9.17) is 14.2 Å². The standard InChI is InChI=1S/C61H106O5/c1-4-7-10-13-16-19-22-25-27-29-31-32-34-37-39-42-45-48-51-54-60(62)65-58-59(66-61(63)55-52-49-46-43-40-36-24-21-18-15-12-9-6-3)57-64-56-53-50-47-44-41-38-35-33-30-28-26-23-20-17-14-11-8-5-2/h8-9,11-12,17-18,20-21,26,28,33,35-36,40,59H,4-7,10,13-16,19,22-25,27,29-32,34,37-39,41-58H2,1-3H3/b11-8-,12-9-,20-17-,21-18-,28-26-,35-33-,40-36-. The van der Waals surface area contributed by atoms with E-state index in [-0.39, 0.29) is 25.2 Å². The maximum atomic E-state index is 12.8. The Balaban J connectivity index is 4.29. The van der Waals surface area contributed by atoms with Gasteiger partial charge in [-0.1, -0.05) is 247 Å². The van der Waals surface area contributed by atoms with Crippen molar-refractivity contribution >= 4 is 11.9 Å². The molecule has 0 aromatic heterocycles. The smallest absolute Gasteiger partial charge is 0.306 e. The van der Waals surface area contributed by atoms with Crippen LogP contribution >= 0.6 is 0 Å². The van der Waals surface area contributed by atoms with Crippen molar-refractivity contribution in [2.45, 2.75) is 271 Å². The van der Waals surface area contributed by atoms with E-state index in [0.717, 1.165) is 103 Å². The lowest BCUT2D eigenvalue weighted by atomic mass is 10.0. The van der Waals surface area contributed by atoms with Gasteiger partial charge < -0.3 is 14.2 Å². The van der Waals surface area contributed by atoms with Gasteiger partial charge in [0.1, 0.15) is 6.61 Å². The van der Waals surface area contributed by atoms with Crippen molar-refractivity contribution in [3.05, 3.63) is 85.1 Å². The van der Waals surface area contributed by atoms with E-state index in [1.807, 2.05) is 0 Å². The van der Waals surface area contributed by atoms with Crippen LogP contribution in [0.15, 0.2) is 85.1 Å². The number of esters is 2. The third kappa shape index (κ3) is 53.7. The monoisotopic (exact) mass is 919 g/mol. The molecule has 0 aliphatic carbocycles. The lowest BCUT2D eigenvalue weighted by Gasteiger charge is -2.18. The lowest BCUT2D eigenvalue weighted by Crippen LogP contribution is -2.30. The first-order chi connectivity index (χ1) is 32.6. The van der Waals surface area contributed by atoms with Gasteiger partial charge in [-0.25, -0.2) is 0 Å². The summed E-state index contributed by atoms with van der Waals surface area (Å²) in [6.45, 7) is 7.56. The van der Waals surface area contributed by atoms with Gasteiger partial charge in [-0.15, -0.1) is 0 Å². The largest absolute Gasteiger partial charge is 0.462 e. The first-order valence-electron chi connectivity index (χ1n) is 28.1. The average Bonchev–Trinajstić information content (AvgIpc) is 3.32. The number of unbranched alkanes of at least 4 members (excludes halogenated alkanes) is 26. The summed E-state index contributed by atoms with van der Waals surface area (Å²) in [6, 6.07) is 0. The fourth-order valence-electron chi connectivity index (χ4n) is 7.81. The molecule has 0 aromatic carbocycles. The van der Waals surface area contributed by atoms with Gasteiger partial charge in [0, 0.05) is 19.4 Å². The van der Waals surface area contributed by atoms with Crippen molar-refractivity contribution in [1.82, 2.24) is 0 Å². The average molecular weight is 920 g/mol. The molecule has 0 spiro atoms. The molecular formula is C61H106O5. The minimum atomic E-state index is -0.564. The molecule has 1 unspecified atom stereocenters. The summed E-state index contributed by atoms with van der Waals surface area (Å²) in [6.07, 6.45) is 74.7. The molecule has 0 N–H and O–H groups in total. The highest BCUT2D eigenvalue weighted by Crippen LogP contribution is 2.16. The zero-order valence-electron chi connectivity index (χ0n) is 43.7. The van der Waals surface area contributed by atoms with Gasteiger partial charge >= 0.3 is 11.9 Å². The first-order valence-corrected chi connectivity index (χ1v) is 28.1. The van der Waals surface area contributed by atoms with E-state index in [9.17, 15) is 9.59 Å². The zero-order valence-corrected chi connectivity index (χ0v) is 43.7. The molecule has 0 rings (SSSR count). The normalized spacial score (nSPS) is 12.8. The zero-order chi connectivity index (χ0) is 47.7. The van der Waals surface area contributed by atoms with E-state index < -0.39 is 6.10 Å². The molecule has 0 radical (unpaired) electrons. The van der Waals surface area contributed by atoms with Gasteiger partial charge in [-0.2, -0.15) is 0 Å². The SMILES string of the molecule is CC/C=C\C/C=C\C/C=C\C/C=C\CCCCCCCOCC(COC(=O)CCCCCCCCCCCCCCCCCCCCC)OC(=O)CCCCC/C=C\C/C=C\C/C=C\CC. The minimum Gasteiger partial charge on any atom is -0.462 e. The molecule has 66 heavy (non-hydrogen) atoms. The summed E-state index contributed by atoms with van der Waals surface area (Å²) in [7, 11) is 0. The van der Waals surface area contributed by atoms with Gasteiger partial charge in [0.25, 0.3) is 0 Å². The molecule has 0 amide bonds. The number of carbonyl (C=O) groups is 2. The quantitative estimate of drug-likeness (QED) is 0.0346. The topological polar surface area (TPSA) is 61.8 Å². The summed E-state index contributed by atoms with van der Waals surface area (Å²) >= 11 is 0. The number of hydrogen-bond donors (Lipinski definition) is 0. The highest BCUT2D eigenvalue weighted by molar-refractivity contribution is 5.70. The Bertz CT molecular complexity index is 1220. The van der Waals surface area contributed by atoms with Crippen LogP contribution in [-0.4, -0.2) is 37.9 Å². The Hall–Kier alpha value is -2.92. The van der Waals surface area contributed by atoms with Crippen LogP contribution in [0.5, 0.6) is 0 Å². The molecule has 0 fully saturated rings. The second kappa shape index (κ2) is 56.4. The van der Waals surface area contributed by atoms with Crippen molar-refractivity contribution in [2.75, 3.05) is 19.8 Å². The van der Waals surface area contributed by atoms with Crippen LogP contribution in [0, 0.1) is 0 Å². The van der Waals surface area contributed by atoms with E-state index in [0.29, 0.717) is 19.4 Å². The number of carbonyl (C=O) groups excluding carboxylic acids is 2. The number of allylic oxidation sites excluding steroid dienone is 14. The molecule has 5 nitrogen and oxygen atoms in total. The molecule has 0 aromatic rings. The van der Waals surface area contributed by atoms with Crippen molar-refractivity contribution in [3.63, 3.8) is 0 Å². The van der Waals surface area contributed by atoms with E-state index in [1.54, 1.807) is 0 Å².